The molecule has 3 N–H and O–H groups in total. The number of benzene rings is 1. The van der Waals surface area contributed by atoms with E-state index in [9.17, 15) is 4.79 Å². The van der Waals surface area contributed by atoms with Crippen LogP contribution in [0.3, 0.4) is 0 Å². The predicted molar refractivity (Wildman–Crippen MR) is 90.1 cm³/mol. The van der Waals surface area contributed by atoms with Gasteiger partial charge in [-0.05, 0) is 36.0 Å². The molecule has 0 spiro atoms. The smallest absolute Gasteiger partial charge is 0.243 e. The molecule has 0 unspecified atom stereocenters. The first-order chi connectivity index (χ1) is 11.2. The van der Waals surface area contributed by atoms with Gasteiger partial charge in [-0.3, -0.25) is 15.1 Å². The summed E-state index contributed by atoms with van der Waals surface area (Å²) in [6.07, 6.45) is 8.71. The van der Waals surface area contributed by atoms with E-state index in [0.717, 1.165) is 23.2 Å². The van der Waals surface area contributed by atoms with E-state index in [-0.39, 0.29) is 12.3 Å². The fraction of sp³-hybridized carbons (Fsp3) is 0.444. The SMILES string of the molecule is CCCCCCc1ccc(-c2[nH]ncc2CCC(=O)NO)cc1. The highest BCUT2D eigenvalue weighted by Gasteiger charge is 2.09. The number of H-pyrrole nitrogens is 1. The van der Waals surface area contributed by atoms with Crippen molar-refractivity contribution in [2.75, 3.05) is 0 Å². The van der Waals surface area contributed by atoms with Crippen LogP contribution in [0, 0.1) is 0 Å². The lowest BCUT2D eigenvalue weighted by Crippen LogP contribution is -2.18. The van der Waals surface area contributed by atoms with Crippen LogP contribution < -0.4 is 5.48 Å². The Bertz CT molecular complexity index is 605. The molecule has 2 rings (SSSR count). The first-order valence-electron chi connectivity index (χ1n) is 8.29. The Morgan fingerprint density at radius 2 is 1.96 bits per heavy atom. The average molecular weight is 315 g/mol. The van der Waals surface area contributed by atoms with Gasteiger partial charge in [0, 0.05) is 6.42 Å². The molecule has 2 aromatic rings. The molecule has 124 valence electrons. The molecule has 1 aromatic heterocycles. The van der Waals surface area contributed by atoms with Gasteiger partial charge in [0.15, 0.2) is 0 Å². The van der Waals surface area contributed by atoms with Crippen LogP contribution in [-0.2, 0) is 17.6 Å². The third kappa shape index (κ3) is 5.21. The van der Waals surface area contributed by atoms with Gasteiger partial charge in [-0.15, -0.1) is 0 Å². The lowest BCUT2D eigenvalue weighted by molar-refractivity contribution is -0.129. The number of aryl methyl sites for hydroxylation is 2. The summed E-state index contributed by atoms with van der Waals surface area (Å²) in [6.45, 7) is 2.22. The molecule has 0 saturated heterocycles. The number of aromatic nitrogens is 2. The number of amides is 1. The number of rotatable bonds is 9. The summed E-state index contributed by atoms with van der Waals surface area (Å²) in [6, 6.07) is 8.51. The zero-order valence-corrected chi connectivity index (χ0v) is 13.6. The maximum absolute atomic E-state index is 11.2. The molecular weight excluding hydrogens is 290 g/mol. The number of aromatic amines is 1. The molecule has 0 fully saturated rings. The first-order valence-corrected chi connectivity index (χ1v) is 8.29. The van der Waals surface area contributed by atoms with Gasteiger partial charge in [0.05, 0.1) is 11.9 Å². The van der Waals surface area contributed by atoms with Gasteiger partial charge >= 0.3 is 0 Å². The second kappa shape index (κ2) is 9.10. The zero-order chi connectivity index (χ0) is 16.5. The number of carbonyl (C=O) groups is 1. The van der Waals surface area contributed by atoms with Crippen molar-refractivity contribution in [2.24, 2.45) is 0 Å². The lowest BCUT2D eigenvalue weighted by Gasteiger charge is -2.05. The van der Waals surface area contributed by atoms with Crippen molar-refractivity contribution < 1.29 is 10.0 Å². The zero-order valence-electron chi connectivity index (χ0n) is 13.6. The molecule has 0 bridgehead atoms. The van der Waals surface area contributed by atoms with Crippen LogP contribution in [0.1, 0.15) is 50.2 Å². The van der Waals surface area contributed by atoms with Crippen LogP contribution in [-0.4, -0.2) is 21.3 Å². The summed E-state index contributed by atoms with van der Waals surface area (Å²) in [5.74, 6) is -0.389. The summed E-state index contributed by atoms with van der Waals surface area (Å²) < 4.78 is 0. The number of nitrogens with one attached hydrogen (secondary N) is 2. The minimum absolute atomic E-state index is 0.235. The van der Waals surface area contributed by atoms with Gasteiger partial charge in [-0.25, -0.2) is 5.48 Å². The first kappa shape index (κ1) is 17.2. The monoisotopic (exact) mass is 315 g/mol. The van der Waals surface area contributed by atoms with E-state index in [1.54, 1.807) is 11.7 Å². The Kier molecular flexibility index (Phi) is 6.81. The molecule has 0 aliphatic carbocycles. The van der Waals surface area contributed by atoms with E-state index >= 15 is 0 Å². The average Bonchev–Trinajstić information content (AvgIpc) is 3.05. The van der Waals surface area contributed by atoms with Gasteiger partial charge in [0.2, 0.25) is 5.91 Å². The topological polar surface area (TPSA) is 78.0 Å². The molecule has 0 radical (unpaired) electrons. The van der Waals surface area contributed by atoms with Crippen molar-refractivity contribution in [3.05, 3.63) is 41.6 Å². The number of carbonyl (C=O) groups excluding carboxylic acids is 1. The van der Waals surface area contributed by atoms with E-state index < -0.39 is 0 Å². The van der Waals surface area contributed by atoms with Crippen LogP contribution in [0.5, 0.6) is 0 Å². The van der Waals surface area contributed by atoms with E-state index in [1.165, 1.54) is 31.2 Å². The largest absolute Gasteiger partial charge is 0.289 e. The normalized spacial score (nSPS) is 10.7. The van der Waals surface area contributed by atoms with Crippen molar-refractivity contribution >= 4 is 5.91 Å². The fourth-order valence-corrected chi connectivity index (χ4v) is 2.65. The molecule has 0 saturated carbocycles. The Morgan fingerprint density at radius 3 is 2.65 bits per heavy atom. The maximum Gasteiger partial charge on any atom is 0.243 e. The third-order valence-electron chi connectivity index (χ3n) is 4.03. The number of hydrogen-bond donors (Lipinski definition) is 3. The van der Waals surface area contributed by atoms with Crippen molar-refractivity contribution in [3.8, 4) is 11.3 Å². The quantitative estimate of drug-likeness (QED) is 0.375. The summed E-state index contributed by atoms with van der Waals surface area (Å²) in [4.78, 5) is 11.2. The van der Waals surface area contributed by atoms with Gasteiger partial charge < -0.3 is 0 Å². The van der Waals surface area contributed by atoms with Gasteiger partial charge in [0.1, 0.15) is 0 Å². The summed E-state index contributed by atoms with van der Waals surface area (Å²) in [7, 11) is 0. The van der Waals surface area contributed by atoms with Crippen LogP contribution in [0.4, 0.5) is 0 Å². The molecule has 0 aliphatic heterocycles. The molecule has 0 aliphatic rings. The van der Waals surface area contributed by atoms with Crippen molar-refractivity contribution in [3.63, 3.8) is 0 Å². The molecule has 1 aromatic carbocycles. The highest BCUT2D eigenvalue weighted by molar-refractivity contribution is 5.75. The second-order valence-corrected chi connectivity index (χ2v) is 5.81. The molecule has 5 heteroatoms. The fourth-order valence-electron chi connectivity index (χ4n) is 2.65. The summed E-state index contributed by atoms with van der Waals surface area (Å²) in [5, 5.41) is 15.6. The number of hydrogen-bond acceptors (Lipinski definition) is 3. The van der Waals surface area contributed by atoms with Crippen LogP contribution >= 0.6 is 0 Å². The Balaban J connectivity index is 1.97. The van der Waals surface area contributed by atoms with Crippen molar-refractivity contribution in [1.29, 1.82) is 0 Å². The Morgan fingerprint density at radius 1 is 1.17 bits per heavy atom. The summed E-state index contributed by atoms with van der Waals surface area (Å²) >= 11 is 0. The van der Waals surface area contributed by atoms with E-state index in [2.05, 4.69) is 41.4 Å². The van der Waals surface area contributed by atoms with E-state index in [4.69, 9.17) is 5.21 Å². The number of unbranched alkanes of at least 4 members (excludes halogenated alkanes) is 3. The standard InChI is InChI=1S/C18H25N3O2/c1-2-3-4-5-6-14-7-9-15(10-8-14)18-16(13-19-20-18)11-12-17(22)21-23/h7-10,13,23H,2-6,11-12H2,1H3,(H,19,20)(H,21,22). The Hall–Kier alpha value is -2.14. The number of nitrogens with zero attached hydrogens (tertiary/aromatic N) is 1. The van der Waals surface area contributed by atoms with E-state index in [0.29, 0.717) is 6.42 Å². The van der Waals surface area contributed by atoms with E-state index in [1.807, 2.05) is 0 Å². The molecule has 0 atom stereocenters. The predicted octanol–water partition coefficient (Wildman–Crippen LogP) is 3.64. The highest BCUT2D eigenvalue weighted by atomic mass is 16.5. The lowest BCUT2D eigenvalue weighted by atomic mass is 10.0. The van der Waals surface area contributed by atoms with Crippen molar-refractivity contribution in [1.82, 2.24) is 15.7 Å². The summed E-state index contributed by atoms with van der Waals surface area (Å²) in [5.41, 5.74) is 5.99. The maximum atomic E-state index is 11.2. The second-order valence-electron chi connectivity index (χ2n) is 5.81. The van der Waals surface area contributed by atoms with Gasteiger partial charge in [-0.2, -0.15) is 5.10 Å². The highest BCUT2D eigenvalue weighted by Crippen LogP contribution is 2.23. The molecule has 1 amide bonds. The number of hydroxylamine groups is 1. The minimum atomic E-state index is -0.389. The van der Waals surface area contributed by atoms with Crippen LogP contribution in [0.15, 0.2) is 30.5 Å². The molecule has 1 heterocycles. The minimum Gasteiger partial charge on any atom is -0.289 e. The van der Waals surface area contributed by atoms with Crippen LogP contribution in [0.2, 0.25) is 0 Å². The van der Waals surface area contributed by atoms with Crippen molar-refractivity contribution in [2.45, 2.75) is 51.9 Å². The van der Waals surface area contributed by atoms with Gasteiger partial charge in [0.25, 0.3) is 0 Å². The Labute approximate surface area is 137 Å². The van der Waals surface area contributed by atoms with Gasteiger partial charge in [-0.1, -0.05) is 50.5 Å². The molecular formula is C18H25N3O2. The molecule has 5 nitrogen and oxygen atoms in total. The third-order valence-corrected chi connectivity index (χ3v) is 4.03. The van der Waals surface area contributed by atoms with Crippen LogP contribution in [0.25, 0.3) is 11.3 Å². The molecule has 23 heavy (non-hydrogen) atoms.